The molecule has 0 N–H and O–H groups in total. The molecule has 0 atom stereocenters. The summed E-state index contributed by atoms with van der Waals surface area (Å²) in [6.45, 7) is 0.748. The van der Waals surface area contributed by atoms with Crippen LogP contribution >= 0.6 is 35.0 Å². The van der Waals surface area contributed by atoms with Crippen molar-refractivity contribution in [3.05, 3.63) is 47.4 Å². The zero-order valence-corrected chi connectivity index (χ0v) is 13.4. The van der Waals surface area contributed by atoms with Crippen LogP contribution < -0.4 is 4.90 Å². The van der Waals surface area contributed by atoms with Crippen LogP contribution in [0.5, 0.6) is 0 Å². The van der Waals surface area contributed by atoms with Gasteiger partial charge in [0.15, 0.2) is 0 Å². The van der Waals surface area contributed by atoms with Crippen molar-refractivity contribution >= 4 is 40.7 Å². The summed E-state index contributed by atoms with van der Waals surface area (Å²) in [5.41, 5.74) is 1.82. The standard InChI is InChI=1S/C14H15Cl2N3S/c1-19(9-6-15)12-5-8-17-11(14(12)16)10-20-13-4-2-3-7-18-13/h2-5,7-8H,6,9-10H2,1H3. The molecule has 0 aliphatic carbocycles. The molecule has 2 aromatic rings. The molecule has 0 unspecified atom stereocenters. The maximum absolute atomic E-state index is 6.42. The van der Waals surface area contributed by atoms with Crippen molar-refractivity contribution in [2.45, 2.75) is 10.8 Å². The Hall–Kier alpha value is -0.970. The van der Waals surface area contributed by atoms with E-state index in [9.17, 15) is 0 Å². The lowest BCUT2D eigenvalue weighted by molar-refractivity contribution is 0.965. The van der Waals surface area contributed by atoms with Gasteiger partial charge < -0.3 is 4.90 Å². The Morgan fingerprint density at radius 2 is 2.05 bits per heavy atom. The molecular formula is C14H15Cl2N3S. The second-order valence-corrected chi connectivity index (χ2v) is 5.91. The van der Waals surface area contributed by atoms with Crippen LogP contribution in [-0.4, -0.2) is 29.4 Å². The average molecular weight is 328 g/mol. The Morgan fingerprint density at radius 1 is 1.20 bits per heavy atom. The van der Waals surface area contributed by atoms with Crippen molar-refractivity contribution in [1.29, 1.82) is 0 Å². The number of nitrogens with zero attached hydrogens (tertiary/aromatic N) is 3. The summed E-state index contributed by atoms with van der Waals surface area (Å²) in [6.07, 6.45) is 3.56. The summed E-state index contributed by atoms with van der Waals surface area (Å²) in [4.78, 5) is 10.7. The van der Waals surface area contributed by atoms with Crippen LogP contribution in [0.2, 0.25) is 5.02 Å². The van der Waals surface area contributed by atoms with E-state index in [0.717, 1.165) is 23.0 Å². The predicted molar refractivity (Wildman–Crippen MR) is 87.0 cm³/mol. The molecule has 0 saturated carbocycles. The highest BCUT2D eigenvalue weighted by Crippen LogP contribution is 2.30. The molecule has 2 aromatic heterocycles. The van der Waals surface area contributed by atoms with E-state index in [2.05, 4.69) is 9.97 Å². The molecular weight excluding hydrogens is 313 g/mol. The summed E-state index contributed by atoms with van der Waals surface area (Å²) >= 11 is 13.8. The molecule has 6 heteroatoms. The Bertz CT molecular complexity index is 551. The summed E-state index contributed by atoms with van der Waals surface area (Å²) in [5, 5.41) is 1.65. The van der Waals surface area contributed by atoms with Crippen molar-refractivity contribution in [2.75, 3.05) is 24.4 Å². The van der Waals surface area contributed by atoms with Gasteiger partial charge in [-0.2, -0.15) is 0 Å². The summed E-state index contributed by atoms with van der Waals surface area (Å²) in [5.74, 6) is 1.26. The van der Waals surface area contributed by atoms with E-state index in [0.29, 0.717) is 16.7 Å². The zero-order chi connectivity index (χ0) is 14.4. The Labute approximate surface area is 133 Å². The molecule has 3 nitrogen and oxygen atoms in total. The van der Waals surface area contributed by atoms with Crippen molar-refractivity contribution in [1.82, 2.24) is 9.97 Å². The monoisotopic (exact) mass is 327 g/mol. The molecule has 0 aliphatic heterocycles. The first kappa shape index (κ1) is 15.4. The average Bonchev–Trinajstić information content (AvgIpc) is 2.47. The summed E-state index contributed by atoms with van der Waals surface area (Å²) in [6, 6.07) is 7.75. The minimum atomic E-state index is 0.563. The smallest absolute Gasteiger partial charge is 0.0963 e. The van der Waals surface area contributed by atoms with Gasteiger partial charge in [-0.1, -0.05) is 29.4 Å². The molecule has 0 aromatic carbocycles. The van der Waals surface area contributed by atoms with Crippen LogP contribution in [0.15, 0.2) is 41.7 Å². The van der Waals surface area contributed by atoms with Gasteiger partial charge in [-0.25, -0.2) is 4.98 Å². The highest BCUT2D eigenvalue weighted by molar-refractivity contribution is 7.98. The first-order chi connectivity index (χ1) is 9.72. The van der Waals surface area contributed by atoms with Crippen LogP contribution in [0.3, 0.4) is 0 Å². The molecule has 2 heterocycles. The fraction of sp³-hybridized carbons (Fsp3) is 0.286. The van der Waals surface area contributed by atoms with Gasteiger partial charge in [-0.05, 0) is 18.2 Å². The number of hydrogen-bond donors (Lipinski definition) is 0. The Balaban J connectivity index is 2.10. The number of thioether (sulfide) groups is 1. The van der Waals surface area contributed by atoms with Gasteiger partial charge in [-0.3, -0.25) is 4.98 Å². The molecule has 2 rings (SSSR count). The van der Waals surface area contributed by atoms with Gasteiger partial charge in [0.1, 0.15) is 0 Å². The minimum absolute atomic E-state index is 0.563. The van der Waals surface area contributed by atoms with Crippen LogP contribution in [0.4, 0.5) is 5.69 Å². The van der Waals surface area contributed by atoms with Crippen molar-refractivity contribution in [3.8, 4) is 0 Å². The SMILES string of the molecule is CN(CCCl)c1ccnc(CSc2ccccn2)c1Cl. The molecule has 20 heavy (non-hydrogen) atoms. The lowest BCUT2D eigenvalue weighted by Crippen LogP contribution is -2.20. The summed E-state index contributed by atoms with van der Waals surface area (Å²) in [7, 11) is 1.97. The molecule has 106 valence electrons. The van der Waals surface area contributed by atoms with Crippen molar-refractivity contribution in [2.24, 2.45) is 0 Å². The number of rotatable bonds is 6. The number of hydrogen-bond acceptors (Lipinski definition) is 4. The van der Waals surface area contributed by atoms with Crippen molar-refractivity contribution in [3.63, 3.8) is 0 Å². The lowest BCUT2D eigenvalue weighted by atomic mass is 10.3. The van der Waals surface area contributed by atoms with Gasteiger partial charge in [0, 0.05) is 37.6 Å². The lowest BCUT2D eigenvalue weighted by Gasteiger charge is -2.20. The quantitative estimate of drug-likeness (QED) is 0.590. The number of anilines is 1. The topological polar surface area (TPSA) is 29.0 Å². The summed E-state index contributed by atoms with van der Waals surface area (Å²) < 4.78 is 0. The Morgan fingerprint density at radius 3 is 2.75 bits per heavy atom. The van der Waals surface area contributed by atoms with Gasteiger partial charge in [0.2, 0.25) is 0 Å². The van der Waals surface area contributed by atoms with E-state index in [4.69, 9.17) is 23.2 Å². The highest BCUT2D eigenvalue weighted by Gasteiger charge is 2.11. The van der Waals surface area contributed by atoms with Gasteiger partial charge in [0.25, 0.3) is 0 Å². The fourth-order valence-corrected chi connectivity index (χ4v) is 3.16. The first-order valence-electron chi connectivity index (χ1n) is 6.16. The first-order valence-corrected chi connectivity index (χ1v) is 8.06. The molecule has 0 spiro atoms. The third-order valence-electron chi connectivity index (χ3n) is 2.77. The van der Waals surface area contributed by atoms with Gasteiger partial charge >= 0.3 is 0 Å². The minimum Gasteiger partial charge on any atom is -0.372 e. The van der Waals surface area contributed by atoms with Gasteiger partial charge in [0.05, 0.1) is 21.4 Å². The van der Waals surface area contributed by atoms with Crippen molar-refractivity contribution < 1.29 is 0 Å². The highest BCUT2D eigenvalue weighted by atomic mass is 35.5. The number of pyridine rings is 2. The van der Waals surface area contributed by atoms with Gasteiger partial charge in [-0.15, -0.1) is 11.6 Å². The van der Waals surface area contributed by atoms with E-state index < -0.39 is 0 Å². The van der Waals surface area contributed by atoms with E-state index >= 15 is 0 Å². The Kier molecular flexibility index (Phi) is 5.95. The largest absolute Gasteiger partial charge is 0.372 e. The van der Waals surface area contributed by atoms with Crippen LogP contribution in [0.25, 0.3) is 0 Å². The van der Waals surface area contributed by atoms with Crippen LogP contribution in [-0.2, 0) is 5.75 Å². The molecule has 0 bridgehead atoms. The molecule has 0 radical (unpaired) electrons. The number of alkyl halides is 1. The molecule has 0 aliphatic rings. The zero-order valence-electron chi connectivity index (χ0n) is 11.1. The second kappa shape index (κ2) is 7.72. The molecule has 0 amide bonds. The third kappa shape index (κ3) is 4.01. The number of halogens is 2. The number of aromatic nitrogens is 2. The maximum atomic E-state index is 6.42. The van der Waals surface area contributed by atoms with E-state index in [1.54, 1.807) is 24.2 Å². The van der Waals surface area contributed by atoms with Crippen LogP contribution in [0, 0.1) is 0 Å². The van der Waals surface area contributed by atoms with E-state index in [1.165, 1.54) is 0 Å². The normalized spacial score (nSPS) is 10.6. The van der Waals surface area contributed by atoms with E-state index in [-0.39, 0.29) is 0 Å². The predicted octanol–water partition coefficient (Wildman–Crippen LogP) is 4.10. The maximum Gasteiger partial charge on any atom is 0.0963 e. The molecule has 0 fully saturated rings. The molecule has 0 saturated heterocycles. The second-order valence-electron chi connectivity index (χ2n) is 4.16. The van der Waals surface area contributed by atoms with Crippen LogP contribution in [0.1, 0.15) is 5.69 Å². The fourth-order valence-electron chi connectivity index (χ4n) is 1.69. The van der Waals surface area contributed by atoms with E-state index in [1.807, 2.05) is 36.2 Å². The third-order valence-corrected chi connectivity index (χ3v) is 4.30.